The molecule has 0 amide bonds. The molecule has 112 valence electrons. The van der Waals surface area contributed by atoms with Gasteiger partial charge in [-0.05, 0) is 36.8 Å². The molecule has 1 aromatic heterocycles. The molecule has 2 rings (SSSR count). The molecule has 1 aromatic carbocycles. The maximum atomic E-state index is 12.9. The third kappa shape index (κ3) is 3.54. The lowest BCUT2D eigenvalue weighted by Crippen LogP contribution is -2.28. The number of halogens is 1. The lowest BCUT2D eigenvalue weighted by Gasteiger charge is -2.16. The van der Waals surface area contributed by atoms with E-state index in [1.165, 1.54) is 42.6 Å². The number of pyridine rings is 1. The number of hydrogen-bond acceptors (Lipinski definition) is 5. The highest BCUT2D eigenvalue weighted by atomic mass is 32.2. The Morgan fingerprint density at radius 3 is 2.52 bits per heavy atom. The van der Waals surface area contributed by atoms with Crippen LogP contribution in [0.5, 0.6) is 0 Å². The molecule has 21 heavy (non-hydrogen) atoms. The van der Waals surface area contributed by atoms with Gasteiger partial charge in [0.2, 0.25) is 10.0 Å². The summed E-state index contributed by atoms with van der Waals surface area (Å²) in [7, 11) is -3.81. The van der Waals surface area contributed by atoms with Crippen molar-refractivity contribution in [2.24, 2.45) is 5.84 Å². The third-order valence-corrected chi connectivity index (χ3v) is 4.47. The van der Waals surface area contributed by atoms with E-state index in [9.17, 15) is 12.8 Å². The second-order valence-corrected chi connectivity index (χ2v) is 6.07. The standard InChI is InChI=1S/C13H15FN4O2S/c1-9(10-4-6-11(14)7-5-10)18-21(19,20)12-3-2-8-16-13(12)17-15/h2-9,18H,15H2,1H3,(H,16,17). The Labute approximate surface area is 122 Å². The number of anilines is 1. The first kappa shape index (κ1) is 15.4. The lowest BCUT2D eigenvalue weighted by molar-refractivity contribution is 0.566. The predicted molar refractivity (Wildman–Crippen MR) is 77.2 cm³/mol. The number of rotatable bonds is 5. The molecule has 0 radical (unpaired) electrons. The fraction of sp³-hybridized carbons (Fsp3) is 0.154. The van der Waals surface area contributed by atoms with Crippen molar-refractivity contribution in [2.45, 2.75) is 17.9 Å². The van der Waals surface area contributed by atoms with E-state index in [0.29, 0.717) is 5.56 Å². The summed E-state index contributed by atoms with van der Waals surface area (Å²) in [5.74, 6) is 4.93. The van der Waals surface area contributed by atoms with Crippen molar-refractivity contribution < 1.29 is 12.8 Å². The van der Waals surface area contributed by atoms with E-state index >= 15 is 0 Å². The molecule has 0 aliphatic heterocycles. The summed E-state index contributed by atoms with van der Waals surface area (Å²) in [4.78, 5) is 3.80. The van der Waals surface area contributed by atoms with E-state index in [-0.39, 0.29) is 16.5 Å². The molecule has 0 bridgehead atoms. The van der Waals surface area contributed by atoms with Crippen LogP contribution in [-0.2, 0) is 10.0 Å². The van der Waals surface area contributed by atoms with Gasteiger partial charge < -0.3 is 5.43 Å². The van der Waals surface area contributed by atoms with Crippen LogP contribution in [0.15, 0.2) is 47.5 Å². The summed E-state index contributed by atoms with van der Waals surface area (Å²) in [6.07, 6.45) is 1.43. The average Bonchev–Trinajstić information content (AvgIpc) is 2.47. The Bertz CT molecular complexity index is 719. The van der Waals surface area contributed by atoms with Crippen molar-refractivity contribution in [1.29, 1.82) is 0 Å². The van der Waals surface area contributed by atoms with Crippen LogP contribution in [0.4, 0.5) is 10.2 Å². The van der Waals surface area contributed by atoms with E-state index in [1.807, 2.05) is 0 Å². The van der Waals surface area contributed by atoms with Crippen molar-refractivity contribution in [3.8, 4) is 0 Å². The van der Waals surface area contributed by atoms with Gasteiger partial charge in [-0.15, -0.1) is 0 Å². The summed E-state index contributed by atoms with van der Waals surface area (Å²) in [6.45, 7) is 1.66. The zero-order chi connectivity index (χ0) is 15.5. The quantitative estimate of drug-likeness (QED) is 0.575. The zero-order valence-electron chi connectivity index (χ0n) is 11.2. The molecule has 0 aliphatic carbocycles. The number of nitrogen functional groups attached to an aromatic ring is 1. The third-order valence-electron chi connectivity index (χ3n) is 2.90. The fourth-order valence-corrected chi connectivity index (χ4v) is 3.18. The molecule has 0 spiro atoms. The number of aromatic nitrogens is 1. The van der Waals surface area contributed by atoms with Crippen LogP contribution in [0.2, 0.25) is 0 Å². The molecule has 0 aliphatic rings. The van der Waals surface area contributed by atoms with E-state index in [2.05, 4.69) is 15.1 Å². The van der Waals surface area contributed by atoms with Gasteiger partial charge in [-0.1, -0.05) is 12.1 Å². The van der Waals surface area contributed by atoms with Crippen molar-refractivity contribution in [3.63, 3.8) is 0 Å². The van der Waals surface area contributed by atoms with Crippen LogP contribution in [0.1, 0.15) is 18.5 Å². The number of sulfonamides is 1. The average molecular weight is 310 g/mol. The van der Waals surface area contributed by atoms with Gasteiger partial charge in [-0.25, -0.2) is 28.4 Å². The van der Waals surface area contributed by atoms with Gasteiger partial charge in [0.1, 0.15) is 10.7 Å². The van der Waals surface area contributed by atoms with Crippen molar-refractivity contribution >= 4 is 15.8 Å². The first-order chi connectivity index (χ1) is 9.94. The number of nitrogens with zero attached hydrogens (tertiary/aromatic N) is 1. The summed E-state index contributed by atoms with van der Waals surface area (Å²) in [5, 5.41) is 0. The van der Waals surface area contributed by atoms with Gasteiger partial charge in [-0.3, -0.25) is 0 Å². The lowest BCUT2D eigenvalue weighted by atomic mass is 10.1. The predicted octanol–water partition coefficient (Wildman–Crippen LogP) is 1.55. The Kier molecular flexibility index (Phi) is 4.51. The van der Waals surface area contributed by atoms with Gasteiger partial charge in [0, 0.05) is 12.2 Å². The minimum Gasteiger partial charge on any atom is -0.307 e. The van der Waals surface area contributed by atoms with Crippen LogP contribution in [-0.4, -0.2) is 13.4 Å². The number of hydrazine groups is 1. The maximum absolute atomic E-state index is 12.9. The monoisotopic (exact) mass is 310 g/mol. The van der Waals surface area contributed by atoms with Gasteiger partial charge in [0.05, 0.1) is 0 Å². The van der Waals surface area contributed by atoms with Crippen LogP contribution in [0.25, 0.3) is 0 Å². The molecule has 8 heteroatoms. The number of nitrogens with two attached hydrogens (primary N) is 1. The smallest absolute Gasteiger partial charge is 0.244 e. The Hall–Kier alpha value is -2.03. The SMILES string of the molecule is CC(NS(=O)(=O)c1cccnc1NN)c1ccc(F)cc1. The minimum atomic E-state index is -3.81. The van der Waals surface area contributed by atoms with Crippen molar-refractivity contribution in [3.05, 3.63) is 54.0 Å². The maximum Gasteiger partial charge on any atom is 0.244 e. The number of nitrogens with one attached hydrogen (secondary N) is 2. The molecule has 1 heterocycles. The van der Waals surface area contributed by atoms with Crippen LogP contribution < -0.4 is 16.0 Å². The van der Waals surface area contributed by atoms with Crippen LogP contribution >= 0.6 is 0 Å². The molecule has 4 N–H and O–H groups in total. The van der Waals surface area contributed by atoms with E-state index < -0.39 is 16.1 Å². The second-order valence-electron chi connectivity index (χ2n) is 4.39. The molecule has 1 atom stereocenters. The van der Waals surface area contributed by atoms with Crippen molar-refractivity contribution in [1.82, 2.24) is 9.71 Å². The molecule has 0 saturated heterocycles. The number of benzene rings is 1. The zero-order valence-corrected chi connectivity index (χ0v) is 12.1. The topological polar surface area (TPSA) is 97.1 Å². The molecule has 1 unspecified atom stereocenters. The summed E-state index contributed by atoms with van der Waals surface area (Å²) in [6, 6.07) is 7.96. The summed E-state index contributed by atoms with van der Waals surface area (Å²) < 4.78 is 40.1. The second kappa shape index (κ2) is 6.17. The van der Waals surface area contributed by atoms with Gasteiger partial charge in [0.25, 0.3) is 0 Å². The minimum absolute atomic E-state index is 0.0521. The normalized spacial score (nSPS) is 12.9. The van der Waals surface area contributed by atoms with E-state index in [0.717, 1.165) is 0 Å². The largest absolute Gasteiger partial charge is 0.307 e. The van der Waals surface area contributed by atoms with Crippen molar-refractivity contribution in [2.75, 3.05) is 5.43 Å². The van der Waals surface area contributed by atoms with Crippen LogP contribution in [0, 0.1) is 5.82 Å². The fourth-order valence-electron chi connectivity index (χ4n) is 1.83. The van der Waals surface area contributed by atoms with Crippen LogP contribution in [0.3, 0.4) is 0 Å². The Balaban J connectivity index is 2.26. The first-order valence-corrected chi connectivity index (χ1v) is 7.62. The molecular formula is C13H15FN4O2S. The van der Waals surface area contributed by atoms with E-state index in [1.54, 1.807) is 6.92 Å². The molecule has 6 nitrogen and oxygen atoms in total. The Morgan fingerprint density at radius 1 is 1.24 bits per heavy atom. The van der Waals surface area contributed by atoms with Gasteiger partial charge >= 0.3 is 0 Å². The molecule has 0 fully saturated rings. The van der Waals surface area contributed by atoms with Gasteiger partial charge in [0.15, 0.2) is 5.82 Å². The highest BCUT2D eigenvalue weighted by molar-refractivity contribution is 7.89. The first-order valence-electron chi connectivity index (χ1n) is 6.13. The highest BCUT2D eigenvalue weighted by Crippen LogP contribution is 2.21. The van der Waals surface area contributed by atoms with Gasteiger partial charge in [-0.2, -0.15) is 0 Å². The van der Waals surface area contributed by atoms with E-state index in [4.69, 9.17) is 5.84 Å². The highest BCUT2D eigenvalue weighted by Gasteiger charge is 2.22. The molecule has 0 saturated carbocycles. The summed E-state index contributed by atoms with van der Waals surface area (Å²) in [5.41, 5.74) is 2.89. The summed E-state index contributed by atoms with van der Waals surface area (Å²) >= 11 is 0. The Morgan fingerprint density at radius 2 is 1.90 bits per heavy atom. The molecular weight excluding hydrogens is 295 g/mol. The molecule has 2 aromatic rings. The number of hydrogen-bond donors (Lipinski definition) is 3.